The fraction of sp³-hybridized carbons (Fsp3) is 0.429. The Morgan fingerprint density at radius 2 is 1.80 bits per heavy atom. The molecule has 0 bridgehead atoms. The van der Waals surface area contributed by atoms with Crippen molar-refractivity contribution < 1.29 is 0 Å². The van der Waals surface area contributed by atoms with Crippen molar-refractivity contribution in [3.63, 3.8) is 0 Å². The van der Waals surface area contributed by atoms with Crippen LogP contribution in [-0.4, -0.2) is 12.6 Å². The Hall–Kier alpha value is -1.08. The summed E-state index contributed by atoms with van der Waals surface area (Å²) in [6.07, 6.45) is 4.50. The molecule has 0 fully saturated rings. The first-order valence-electron chi connectivity index (χ1n) is 5.70. The van der Waals surface area contributed by atoms with Crippen LogP contribution in [0.5, 0.6) is 0 Å². The molecule has 1 N–H and O–H groups in total. The molecule has 0 spiro atoms. The van der Waals surface area contributed by atoms with Crippen LogP contribution < -0.4 is 5.32 Å². The minimum atomic E-state index is 0.459. The number of hydrogen-bond acceptors (Lipinski definition) is 1. The lowest BCUT2D eigenvalue weighted by atomic mass is 10.0. The Morgan fingerprint density at radius 3 is 2.40 bits per heavy atom. The third kappa shape index (κ3) is 4.30. The molecule has 1 aromatic rings. The van der Waals surface area contributed by atoms with E-state index >= 15 is 0 Å². The summed E-state index contributed by atoms with van der Waals surface area (Å²) in [7, 11) is 0. The van der Waals surface area contributed by atoms with Crippen LogP contribution in [0, 0.1) is 0 Å². The van der Waals surface area contributed by atoms with E-state index in [1.165, 1.54) is 5.56 Å². The van der Waals surface area contributed by atoms with E-state index in [4.69, 9.17) is 0 Å². The molecule has 1 heteroatoms. The molecule has 0 aliphatic carbocycles. The van der Waals surface area contributed by atoms with Crippen molar-refractivity contribution in [1.82, 2.24) is 5.32 Å². The number of allylic oxidation sites excluding steroid dienone is 1. The minimum absolute atomic E-state index is 0.459. The summed E-state index contributed by atoms with van der Waals surface area (Å²) < 4.78 is 0. The zero-order valence-electron chi connectivity index (χ0n) is 9.90. The van der Waals surface area contributed by atoms with Crippen LogP contribution in [0.15, 0.2) is 42.5 Å². The van der Waals surface area contributed by atoms with Crippen molar-refractivity contribution in [3.05, 3.63) is 48.0 Å². The van der Waals surface area contributed by atoms with Gasteiger partial charge in [0.05, 0.1) is 0 Å². The summed E-state index contributed by atoms with van der Waals surface area (Å²) in [5.41, 5.74) is 1.37. The number of hydrogen-bond donors (Lipinski definition) is 1. The highest BCUT2D eigenvalue weighted by molar-refractivity contribution is 5.23. The van der Waals surface area contributed by atoms with Crippen molar-refractivity contribution in [3.8, 4) is 0 Å². The van der Waals surface area contributed by atoms with Gasteiger partial charge in [0.25, 0.3) is 0 Å². The van der Waals surface area contributed by atoms with Crippen LogP contribution in [0.25, 0.3) is 0 Å². The second kappa shape index (κ2) is 6.41. The van der Waals surface area contributed by atoms with Crippen LogP contribution in [0.4, 0.5) is 0 Å². The third-order valence-electron chi connectivity index (χ3n) is 2.54. The highest BCUT2D eigenvalue weighted by Gasteiger charge is 2.00. The smallest absolute Gasteiger partial charge is 0.0221 e. The summed E-state index contributed by atoms with van der Waals surface area (Å²) in [5, 5.41) is 3.37. The van der Waals surface area contributed by atoms with Crippen LogP contribution in [0.3, 0.4) is 0 Å². The fourth-order valence-electron chi connectivity index (χ4n) is 1.59. The summed E-state index contributed by atoms with van der Waals surface area (Å²) >= 11 is 0. The normalized spacial score (nSPS) is 15.4. The largest absolute Gasteiger partial charge is 0.311 e. The molecule has 82 valence electrons. The molecule has 1 rings (SSSR count). The zero-order valence-corrected chi connectivity index (χ0v) is 9.90. The lowest BCUT2D eigenvalue weighted by molar-refractivity contribution is 0.658. The maximum Gasteiger partial charge on any atom is 0.0221 e. The van der Waals surface area contributed by atoms with Crippen LogP contribution in [0.1, 0.15) is 32.3 Å². The summed E-state index contributed by atoms with van der Waals surface area (Å²) in [4.78, 5) is 0. The summed E-state index contributed by atoms with van der Waals surface area (Å²) in [6.45, 7) is 7.55. The average molecular weight is 203 g/mol. The van der Waals surface area contributed by atoms with E-state index in [9.17, 15) is 0 Å². The molecule has 2 atom stereocenters. The molecule has 15 heavy (non-hydrogen) atoms. The highest BCUT2D eigenvalue weighted by Crippen LogP contribution is 2.15. The number of likely N-dealkylation sites (N-methyl/N-ethyl adjacent to an activating group) is 1. The van der Waals surface area contributed by atoms with Gasteiger partial charge in [-0.15, -0.1) is 0 Å². The lowest BCUT2D eigenvalue weighted by Gasteiger charge is -2.09. The van der Waals surface area contributed by atoms with Gasteiger partial charge in [-0.2, -0.15) is 0 Å². The zero-order chi connectivity index (χ0) is 11.1. The molecule has 0 aliphatic heterocycles. The number of rotatable bonds is 5. The van der Waals surface area contributed by atoms with Gasteiger partial charge in [0.1, 0.15) is 0 Å². The lowest BCUT2D eigenvalue weighted by Crippen LogP contribution is -2.23. The second-order valence-electron chi connectivity index (χ2n) is 3.93. The van der Waals surface area contributed by atoms with Crippen molar-refractivity contribution in [2.75, 3.05) is 6.54 Å². The Morgan fingerprint density at radius 1 is 1.13 bits per heavy atom. The molecule has 0 saturated heterocycles. The maximum absolute atomic E-state index is 3.37. The van der Waals surface area contributed by atoms with Gasteiger partial charge in [0.15, 0.2) is 0 Å². The van der Waals surface area contributed by atoms with Crippen molar-refractivity contribution in [2.24, 2.45) is 0 Å². The molecule has 1 aromatic carbocycles. The molecule has 2 unspecified atom stereocenters. The SMILES string of the molecule is CCNC(C)/C=C/C(C)c1ccccc1. The van der Waals surface area contributed by atoms with E-state index in [2.05, 4.69) is 68.6 Å². The number of benzene rings is 1. The molecule has 0 saturated carbocycles. The predicted octanol–water partition coefficient (Wildman–Crippen LogP) is 3.34. The van der Waals surface area contributed by atoms with Crippen LogP contribution >= 0.6 is 0 Å². The first kappa shape index (κ1) is 12.0. The van der Waals surface area contributed by atoms with E-state index in [-0.39, 0.29) is 0 Å². The minimum Gasteiger partial charge on any atom is -0.311 e. The Labute approximate surface area is 93.2 Å². The molecule has 0 radical (unpaired) electrons. The first-order chi connectivity index (χ1) is 7.24. The van der Waals surface area contributed by atoms with Crippen LogP contribution in [0.2, 0.25) is 0 Å². The third-order valence-corrected chi connectivity index (χ3v) is 2.54. The van der Waals surface area contributed by atoms with E-state index in [0.29, 0.717) is 12.0 Å². The molecular formula is C14H21N. The quantitative estimate of drug-likeness (QED) is 0.724. The van der Waals surface area contributed by atoms with E-state index in [1.807, 2.05) is 0 Å². The van der Waals surface area contributed by atoms with Gasteiger partial charge in [0, 0.05) is 6.04 Å². The average Bonchev–Trinajstić information content (AvgIpc) is 2.27. The van der Waals surface area contributed by atoms with Crippen molar-refractivity contribution in [1.29, 1.82) is 0 Å². The molecule has 0 aliphatic rings. The monoisotopic (exact) mass is 203 g/mol. The summed E-state index contributed by atoms with van der Waals surface area (Å²) in [5.74, 6) is 0.493. The highest BCUT2D eigenvalue weighted by atomic mass is 14.9. The molecule has 0 aromatic heterocycles. The topological polar surface area (TPSA) is 12.0 Å². The Bertz CT molecular complexity index is 289. The van der Waals surface area contributed by atoms with Gasteiger partial charge in [-0.3, -0.25) is 0 Å². The fourth-order valence-corrected chi connectivity index (χ4v) is 1.59. The van der Waals surface area contributed by atoms with Crippen molar-refractivity contribution in [2.45, 2.75) is 32.7 Å². The van der Waals surface area contributed by atoms with Gasteiger partial charge in [-0.1, -0.05) is 56.3 Å². The number of nitrogens with one attached hydrogen (secondary N) is 1. The van der Waals surface area contributed by atoms with E-state index in [0.717, 1.165) is 6.54 Å². The second-order valence-corrected chi connectivity index (χ2v) is 3.93. The molecule has 0 amide bonds. The van der Waals surface area contributed by atoms with Gasteiger partial charge in [0.2, 0.25) is 0 Å². The standard InChI is InChI=1S/C14H21N/c1-4-15-13(3)11-10-12(2)14-8-6-5-7-9-14/h5-13,15H,4H2,1-3H3/b11-10+. The van der Waals surface area contributed by atoms with E-state index in [1.54, 1.807) is 0 Å². The van der Waals surface area contributed by atoms with Gasteiger partial charge < -0.3 is 5.32 Å². The van der Waals surface area contributed by atoms with Gasteiger partial charge in [-0.05, 0) is 24.9 Å². The van der Waals surface area contributed by atoms with Crippen LogP contribution in [-0.2, 0) is 0 Å². The summed E-state index contributed by atoms with van der Waals surface area (Å²) in [6, 6.07) is 11.0. The predicted molar refractivity (Wildman–Crippen MR) is 67.1 cm³/mol. The van der Waals surface area contributed by atoms with Crippen molar-refractivity contribution >= 4 is 0 Å². The van der Waals surface area contributed by atoms with Gasteiger partial charge in [-0.25, -0.2) is 0 Å². The van der Waals surface area contributed by atoms with Gasteiger partial charge >= 0.3 is 0 Å². The molecular weight excluding hydrogens is 182 g/mol. The molecule has 0 heterocycles. The first-order valence-corrected chi connectivity index (χ1v) is 5.70. The molecule has 1 nitrogen and oxygen atoms in total. The maximum atomic E-state index is 3.37. The van der Waals surface area contributed by atoms with E-state index < -0.39 is 0 Å². The Balaban J connectivity index is 2.52. The Kier molecular flexibility index (Phi) is 5.13.